The summed E-state index contributed by atoms with van der Waals surface area (Å²) in [6, 6.07) is 20.2. The molecule has 0 aliphatic heterocycles. The second kappa shape index (κ2) is 8.01. The number of carbonyl (C=O) groups is 1. The molecule has 1 amide bonds. The molecule has 0 bridgehead atoms. The number of nitro groups is 1. The van der Waals surface area contributed by atoms with Crippen LogP contribution < -0.4 is 15.4 Å². The van der Waals surface area contributed by atoms with Crippen LogP contribution in [0.5, 0.6) is 5.75 Å². The Kier molecular flexibility index (Phi) is 5.32. The summed E-state index contributed by atoms with van der Waals surface area (Å²) in [7, 11) is 1.56. The summed E-state index contributed by atoms with van der Waals surface area (Å²) in [5, 5.41) is 16.9. The molecule has 3 aromatic rings. The fourth-order valence-corrected chi connectivity index (χ4v) is 2.61. The lowest BCUT2D eigenvalue weighted by Gasteiger charge is -2.14. The van der Waals surface area contributed by atoms with E-state index in [2.05, 4.69) is 10.6 Å². The van der Waals surface area contributed by atoms with E-state index in [0.29, 0.717) is 22.7 Å². The van der Waals surface area contributed by atoms with Gasteiger partial charge in [-0.25, -0.2) is 0 Å². The van der Waals surface area contributed by atoms with Crippen molar-refractivity contribution >= 4 is 28.7 Å². The Hall–Kier alpha value is -3.87. The minimum Gasteiger partial charge on any atom is -0.495 e. The molecule has 7 nitrogen and oxygen atoms in total. The third kappa shape index (κ3) is 4.04. The summed E-state index contributed by atoms with van der Waals surface area (Å²) >= 11 is 0. The standard InChI is InChI=1S/C20H17N3O4/c1-27-19-13-7-5-11-17(19)21-15-9-3-2-8-14(15)20(24)22-16-10-4-6-12-18(16)23(25)26/h2-13,21H,1H3,(H,22,24). The molecule has 27 heavy (non-hydrogen) atoms. The van der Waals surface area contributed by atoms with Gasteiger partial charge in [0.1, 0.15) is 11.4 Å². The Morgan fingerprint density at radius 3 is 2.19 bits per heavy atom. The molecule has 0 radical (unpaired) electrons. The number of carbonyl (C=O) groups excluding carboxylic acids is 1. The molecule has 3 rings (SSSR count). The van der Waals surface area contributed by atoms with Crippen molar-refractivity contribution in [2.24, 2.45) is 0 Å². The van der Waals surface area contributed by atoms with Gasteiger partial charge in [0, 0.05) is 6.07 Å². The molecule has 0 atom stereocenters. The topological polar surface area (TPSA) is 93.5 Å². The molecule has 0 unspecified atom stereocenters. The summed E-state index contributed by atoms with van der Waals surface area (Å²) < 4.78 is 5.32. The lowest BCUT2D eigenvalue weighted by atomic mass is 10.1. The summed E-state index contributed by atoms with van der Waals surface area (Å²) in [5.41, 5.74) is 1.58. The average Bonchev–Trinajstić information content (AvgIpc) is 2.69. The molecule has 0 saturated carbocycles. The number of amides is 1. The fraction of sp³-hybridized carbons (Fsp3) is 0.0500. The van der Waals surface area contributed by atoms with E-state index in [1.165, 1.54) is 12.1 Å². The Morgan fingerprint density at radius 2 is 1.48 bits per heavy atom. The molecule has 0 fully saturated rings. The van der Waals surface area contributed by atoms with E-state index in [1.807, 2.05) is 18.2 Å². The van der Waals surface area contributed by atoms with Crippen LogP contribution >= 0.6 is 0 Å². The second-order valence-electron chi connectivity index (χ2n) is 5.60. The number of nitrogens with zero attached hydrogens (tertiary/aromatic N) is 1. The van der Waals surface area contributed by atoms with Gasteiger partial charge < -0.3 is 15.4 Å². The smallest absolute Gasteiger partial charge is 0.292 e. The van der Waals surface area contributed by atoms with Crippen molar-refractivity contribution in [1.29, 1.82) is 0 Å². The molecule has 7 heteroatoms. The fourth-order valence-electron chi connectivity index (χ4n) is 2.61. The molecule has 0 heterocycles. The zero-order chi connectivity index (χ0) is 19.2. The zero-order valence-corrected chi connectivity index (χ0v) is 14.5. The molecule has 0 saturated heterocycles. The van der Waals surface area contributed by atoms with Gasteiger partial charge >= 0.3 is 0 Å². The highest BCUT2D eigenvalue weighted by molar-refractivity contribution is 6.09. The van der Waals surface area contributed by atoms with Crippen LogP contribution in [0, 0.1) is 10.1 Å². The van der Waals surface area contributed by atoms with E-state index in [0.717, 1.165) is 0 Å². The first-order valence-corrected chi connectivity index (χ1v) is 8.14. The van der Waals surface area contributed by atoms with E-state index in [-0.39, 0.29) is 11.4 Å². The van der Waals surface area contributed by atoms with Crippen molar-refractivity contribution in [1.82, 2.24) is 0 Å². The van der Waals surface area contributed by atoms with Gasteiger partial charge in [-0.2, -0.15) is 0 Å². The van der Waals surface area contributed by atoms with E-state index in [9.17, 15) is 14.9 Å². The third-order valence-corrected chi connectivity index (χ3v) is 3.90. The van der Waals surface area contributed by atoms with Gasteiger partial charge in [-0.15, -0.1) is 0 Å². The maximum Gasteiger partial charge on any atom is 0.292 e. The van der Waals surface area contributed by atoms with E-state index in [1.54, 1.807) is 49.6 Å². The lowest BCUT2D eigenvalue weighted by molar-refractivity contribution is -0.383. The molecule has 0 aromatic heterocycles. The molecule has 136 valence electrons. The first kappa shape index (κ1) is 17.9. The number of anilines is 3. The highest BCUT2D eigenvalue weighted by Crippen LogP contribution is 2.30. The van der Waals surface area contributed by atoms with Crippen LogP contribution in [0.15, 0.2) is 72.8 Å². The largest absolute Gasteiger partial charge is 0.495 e. The molecular formula is C20H17N3O4. The Morgan fingerprint density at radius 1 is 0.889 bits per heavy atom. The third-order valence-electron chi connectivity index (χ3n) is 3.90. The van der Waals surface area contributed by atoms with Gasteiger partial charge in [0.25, 0.3) is 11.6 Å². The van der Waals surface area contributed by atoms with Gasteiger partial charge in [0.2, 0.25) is 0 Å². The first-order valence-electron chi connectivity index (χ1n) is 8.14. The van der Waals surface area contributed by atoms with Crippen LogP contribution in [0.25, 0.3) is 0 Å². The minimum atomic E-state index is -0.533. The first-order chi connectivity index (χ1) is 13.1. The highest BCUT2D eigenvalue weighted by atomic mass is 16.6. The molecule has 3 aromatic carbocycles. The van der Waals surface area contributed by atoms with Crippen LogP contribution in [0.4, 0.5) is 22.7 Å². The van der Waals surface area contributed by atoms with Crippen LogP contribution in [-0.2, 0) is 0 Å². The summed E-state index contributed by atoms with van der Waals surface area (Å²) in [6.45, 7) is 0. The van der Waals surface area contributed by atoms with Crippen molar-refractivity contribution < 1.29 is 14.5 Å². The number of ether oxygens (including phenoxy) is 1. The summed E-state index contributed by atoms with van der Waals surface area (Å²) in [5.74, 6) is 0.175. The van der Waals surface area contributed by atoms with Crippen LogP contribution in [0.1, 0.15) is 10.4 Å². The normalized spacial score (nSPS) is 10.1. The number of hydrogen-bond donors (Lipinski definition) is 2. The minimum absolute atomic E-state index is 0.139. The van der Waals surface area contributed by atoms with Crippen LogP contribution in [-0.4, -0.2) is 17.9 Å². The molecule has 0 spiro atoms. The number of benzene rings is 3. The van der Waals surface area contributed by atoms with Gasteiger partial charge in [0.15, 0.2) is 0 Å². The number of rotatable bonds is 6. The van der Waals surface area contributed by atoms with Gasteiger partial charge in [-0.3, -0.25) is 14.9 Å². The number of nitrogens with one attached hydrogen (secondary N) is 2. The van der Waals surface area contributed by atoms with Crippen LogP contribution in [0.3, 0.4) is 0 Å². The SMILES string of the molecule is COc1ccccc1Nc1ccccc1C(=O)Nc1ccccc1[N+](=O)[O-]. The summed E-state index contributed by atoms with van der Waals surface area (Å²) in [6.07, 6.45) is 0. The molecular weight excluding hydrogens is 346 g/mol. The monoisotopic (exact) mass is 363 g/mol. The number of hydrogen-bond acceptors (Lipinski definition) is 5. The maximum absolute atomic E-state index is 12.7. The Balaban J connectivity index is 1.90. The van der Waals surface area contributed by atoms with Crippen molar-refractivity contribution in [2.75, 3.05) is 17.7 Å². The van der Waals surface area contributed by atoms with Crippen molar-refractivity contribution in [3.63, 3.8) is 0 Å². The lowest BCUT2D eigenvalue weighted by Crippen LogP contribution is -2.15. The Labute approximate surface area is 155 Å². The predicted molar refractivity (Wildman–Crippen MR) is 104 cm³/mol. The Bertz CT molecular complexity index is 988. The quantitative estimate of drug-likeness (QED) is 0.493. The zero-order valence-electron chi connectivity index (χ0n) is 14.5. The van der Waals surface area contributed by atoms with E-state index in [4.69, 9.17) is 4.74 Å². The van der Waals surface area contributed by atoms with E-state index >= 15 is 0 Å². The van der Waals surface area contributed by atoms with Gasteiger partial charge in [-0.1, -0.05) is 36.4 Å². The van der Waals surface area contributed by atoms with Crippen molar-refractivity contribution in [2.45, 2.75) is 0 Å². The molecule has 2 N–H and O–H groups in total. The van der Waals surface area contributed by atoms with E-state index < -0.39 is 10.8 Å². The van der Waals surface area contributed by atoms with Gasteiger partial charge in [0.05, 0.1) is 29.0 Å². The number of methoxy groups -OCH3 is 1. The average molecular weight is 363 g/mol. The second-order valence-corrected chi connectivity index (χ2v) is 5.60. The van der Waals surface area contributed by atoms with Crippen molar-refractivity contribution in [3.8, 4) is 5.75 Å². The predicted octanol–water partition coefficient (Wildman–Crippen LogP) is 4.60. The maximum atomic E-state index is 12.7. The molecule has 0 aliphatic rings. The summed E-state index contributed by atoms with van der Waals surface area (Å²) in [4.78, 5) is 23.4. The number of nitro benzene ring substituents is 1. The van der Waals surface area contributed by atoms with Gasteiger partial charge in [-0.05, 0) is 30.3 Å². The van der Waals surface area contributed by atoms with Crippen LogP contribution in [0.2, 0.25) is 0 Å². The number of para-hydroxylation sites is 5. The van der Waals surface area contributed by atoms with Crippen molar-refractivity contribution in [3.05, 3.63) is 88.5 Å². The highest BCUT2D eigenvalue weighted by Gasteiger charge is 2.18. The molecule has 0 aliphatic carbocycles.